The second-order valence-corrected chi connectivity index (χ2v) is 11.7. The van der Waals surface area contributed by atoms with Crippen LogP contribution >= 0.6 is 0 Å². The molecule has 5 rings (SSSR count). The third-order valence-electron chi connectivity index (χ3n) is 8.50. The van der Waals surface area contributed by atoms with E-state index in [2.05, 4.69) is 40.8 Å². The summed E-state index contributed by atoms with van der Waals surface area (Å²) < 4.78 is 6.26. The minimum atomic E-state index is -0.488. The van der Waals surface area contributed by atoms with Crippen LogP contribution in [0.25, 0.3) is 0 Å². The first-order valence-corrected chi connectivity index (χ1v) is 14.3. The van der Waals surface area contributed by atoms with Crippen molar-refractivity contribution >= 4 is 11.8 Å². The summed E-state index contributed by atoms with van der Waals surface area (Å²) in [5.74, 6) is 1.31. The number of benzene rings is 1. The Morgan fingerprint density at radius 1 is 1.11 bits per heavy atom. The molecule has 2 fully saturated rings. The monoisotopic (exact) mass is 520 g/mol. The molecule has 0 radical (unpaired) electrons. The standard InChI is InChI=1S/C30H40N4O4/c1-21(2)18-23-19-25(32-29(37)31-23)27(35)33-16-13-30(14-17-33)12-6-5-9-22-8-3-4-11-26(22)38-20-24-10-7-15-34(24)28(30)36/h3-4,8,11,19,21,24H,5-7,9-10,12-18,20H2,1-2H3,(H,31,32,37)/t24-/m0/s1. The minimum absolute atomic E-state index is 0.0890. The van der Waals surface area contributed by atoms with Crippen molar-refractivity contribution in [2.24, 2.45) is 11.3 Å². The average molecular weight is 521 g/mol. The summed E-state index contributed by atoms with van der Waals surface area (Å²) in [5.41, 5.74) is 1.22. The lowest BCUT2D eigenvalue weighted by Crippen LogP contribution is -2.53. The van der Waals surface area contributed by atoms with Crippen molar-refractivity contribution in [1.82, 2.24) is 19.8 Å². The Balaban J connectivity index is 1.32. The number of amides is 2. The zero-order valence-corrected chi connectivity index (χ0v) is 22.7. The lowest BCUT2D eigenvalue weighted by atomic mass is 9.72. The molecule has 8 heteroatoms. The second kappa shape index (κ2) is 11.3. The Morgan fingerprint density at radius 3 is 2.68 bits per heavy atom. The molecule has 2 aromatic rings. The Hall–Kier alpha value is -3.16. The molecule has 204 valence electrons. The summed E-state index contributed by atoms with van der Waals surface area (Å²) in [7, 11) is 0. The molecule has 3 aliphatic heterocycles. The van der Waals surface area contributed by atoms with Gasteiger partial charge in [-0.3, -0.25) is 9.59 Å². The van der Waals surface area contributed by atoms with E-state index in [9.17, 15) is 14.4 Å². The highest BCUT2D eigenvalue weighted by Crippen LogP contribution is 2.41. The molecule has 38 heavy (non-hydrogen) atoms. The first kappa shape index (κ1) is 26.4. The number of nitrogens with zero attached hydrogens (tertiary/aromatic N) is 3. The largest absolute Gasteiger partial charge is 0.491 e. The number of carbonyl (C=O) groups excluding carboxylic acids is 2. The molecule has 8 nitrogen and oxygen atoms in total. The predicted molar refractivity (Wildman–Crippen MR) is 145 cm³/mol. The van der Waals surface area contributed by atoms with Gasteiger partial charge in [0.1, 0.15) is 18.1 Å². The van der Waals surface area contributed by atoms with Crippen LogP contribution in [0.3, 0.4) is 0 Å². The maximum absolute atomic E-state index is 14.1. The summed E-state index contributed by atoms with van der Waals surface area (Å²) in [6.07, 6.45) is 7.64. The Morgan fingerprint density at radius 2 is 1.89 bits per heavy atom. The van der Waals surface area contributed by atoms with Crippen molar-refractivity contribution in [3.63, 3.8) is 0 Å². The number of para-hydroxylation sites is 1. The van der Waals surface area contributed by atoms with Gasteiger partial charge in [-0.25, -0.2) is 4.79 Å². The second-order valence-electron chi connectivity index (χ2n) is 11.7. The lowest BCUT2D eigenvalue weighted by molar-refractivity contribution is -0.147. The van der Waals surface area contributed by atoms with Crippen molar-refractivity contribution in [3.05, 3.63) is 57.8 Å². The third kappa shape index (κ3) is 5.64. The van der Waals surface area contributed by atoms with E-state index < -0.39 is 11.1 Å². The van der Waals surface area contributed by atoms with E-state index in [1.807, 2.05) is 12.1 Å². The highest BCUT2D eigenvalue weighted by molar-refractivity contribution is 5.92. The summed E-state index contributed by atoms with van der Waals surface area (Å²) in [4.78, 5) is 50.2. The van der Waals surface area contributed by atoms with Gasteiger partial charge in [0.15, 0.2) is 0 Å². The maximum atomic E-state index is 14.1. The van der Waals surface area contributed by atoms with Crippen molar-refractivity contribution < 1.29 is 14.3 Å². The van der Waals surface area contributed by atoms with E-state index in [1.54, 1.807) is 11.0 Å². The number of ether oxygens (including phenoxy) is 1. The van der Waals surface area contributed by atoms with Gasteiger partial charge < -0.3 is 19.5 Å². The SMILES string of the molecule is CC(C)Cc1cc(C(=O)N2CCC3(CCCCc4ccccc4OC[C@@H]4CCCN4C3=O)CC2)nc(=O)[nH]1. The number of H-pyrrole nitrogens is 1. The quantitative estimate of drug-likeness (QED) is 0.660. The molecule has 0 saturated carbocycles. The van der Waals surface area contributed by atoms with Crippen molar-refractivity contribution in [3.8, 4) is 5.75 Å². The van der Waals surface area contributed by atoms with Gasteiger partial charge in [0.25, 0.3) is 5.91 Å². The topological polar surface area (TPSA) is 95.6 Å². The van der Waals surface area contributed by atoms with Gasteiger partial charge in [-0.2, -0.15) is 4.98 Å². The molecule has 2 saturated heterocycles. The molecule has 1 aromatic carbocycles. The lowest BCUT2D eigenvalue weighted by Gasteiger charge is -2.44. The number of aromatic nitrogens is 2. The fraction of sp³-hybridized carbons (Fsp3) is 0.600. The average Bonchev–Trinajstić information content (AvgIpc) is 3.37. The Bertz CT molecular complexity index is 1210. The van der Waals surface area contributed by atoms with Gasteiger partial charge in [0.2, 0.25) is 5.91 Å². The van der Waals surface area contributed by atoms with E-state index >= 15 is 0 Å². The number of aromatic amines is 1. The summed E-state index contributed by atoms with van der Waals surface area (Å²) in [6, 6.07) is 10.1. The number of likely N-dealkylation sites (tertiary alicyclic amines) is 1. The van der Waals surface area contributed by atoms with E-state index in [0.29, 0.717) is 44.9 Å². The third-order valence-corrected chi connectivity index (χ3v) is 8.50. The molecular weight excluding hydrogens is 480 g/mol. The molecule has 0 bridgehead atoms. The molecule has 1 spiro atoms. The summed E-state index contributed by atoms with van der Waals surface area (Å²) in [5, 5.41) is 0. The molecular formula is C30H40N4O4. The predicted octanol–water partition coefficient (Wildman–Crippen LogP) is 3.99. The van der Waals surface area contributed by atoms with Crippen LogP contribution in [-0.4, -0.2) is 63.9 Å². The smallest absolute Gasteiger partial charge is 0.345 e. The number of aryl methyl sites for hydroxylation is 1. The van der Waals surface area contributed by atoms with Gasteiger partial charge in [0, 0.05) is 25.3 Å². The Labute approximate surface area is 224 Å². The van der Waals surface area contributed by atoms with Gasteiger partial charge in [-0.1, -0.05) is 38.5 Å². The van der Waals surface area contributed by atoms with Gasteiger partial charge >= 0.3 is 5.69 Å². The van der Waals surface area contributed by atoms with E-state index in [-0.39, 0.29) is 23.6 Å². The van der Waals surface area contributed by atoms with Crippen LogP contribution < -0.4 is 10.4 Å². The van der Waals surface area contributed by atoms with E-state index in [4.69, 9.17) is 4.74 Å². The van der Waals surface area contributed by atoms with Gasteiger partial charge in [-0.05, 0) is 75.0 Å². The highest BCUT2D eigenvalue weighted by Gasteiger charge is 2.46. The van der Waals surface area contributed by atoms with Crippen LogP contribution in [0.4, 0.5) is 0 Å². The highest BCUT2D eigenvalue weighted by atomic mass is 16.5. The number of piperidine rings is 1. The molecule has 1 aromatic heterocycles. The van der Waals surface area contributed by atoms with E-state index in [1.165, 1.54) is 5.56 Å². The number of fused-ring (bicyclic) bond motifs is 2. The van der Waals surface area contributed by atoms with Crippen molar-refractivity contribution in [1.29, 1.82) is 0 Å². The van der Waals surface area contributed by atoms with Crippen molar-refractivity contribution in [2.45, 2.75) is 77.7 Å². The summed E-state index contributed by atoms with van der Waals surface area (Å²) >= 11 is 0. The molecule has 3 aliphatic rings. The van der Waals surface area contributed by atoms with Gasteiger partial charge in [0.05, 0.1) is 11.5 Å². The van der Waals surface area contributed by atoms with Crippen LogP contribution in [0.2, 0.25) is 0 Å². The molecule has 1 N–H and O–H groups in total. The van der Waals surface area contributed by atoms with Crippen molar-refractivity contribution in [2.75, 3.05) is 26.2 Å². The van der Waals surface area contributed by atoms with Crippen LogP contribution in [0.1, 0.15) is 80.5 Å². The Kier molecular flexibility index (Phi) is 7.86. The number of rotatable bonds is 3. The first-order chi connectivity index (χ1) is 18.3. The summed E-state index contributed by atoms with van der Waals surface area (Å²) in [6.45, 7) is 6.43. The molecule has 4 heterocycles. The normalized spacial score (nSPS) is 21.9. The van der Waals surface area contributed by atoms with Crippen LogP contribution in [0.5, 0.6) is 5.75 Å². The van der Waals surface area contributed by atoms with Gasteiger partial charge in [-0.15, -0.1) is 0 Å². The molecule has 0 unspecified atom stereocenters. The van der Waals surface area contributed by atoms with Crippen LogP contribution in [-0.2, 0) is 17.6 Å². The molecule has 0 aliphatic carbocycles. The van der Waals surface area contributed by atoms with E-state index in [0.717, 1.165) is 56.5 Å². The fourth-order valence-corrected chi connectivity index (χ4v) is 6.44. The molecule has 1 atom stereocenters. The maximum Gasteiger partial charge on any atom is 0.345 e. The number of hydrogen-bond donors (Lipinski definition) is 1. The number of hydrogen-bond acceptors (Lipinski definition) is 5. The minimum Gasteiger partial charge on any atom is -0.491 e. The number of nitrogens with one attached hydrogen (secondary N) is 1. The van der Waals surface area contributed by atoms with Crippen LogP contribution in [0, 0.1) is 11.3 Å². The van der Waals surface area contributed by atoms with Crippen LogP contribution in [0.15, 0.2) is 35.1 Å². The first-order valence-electron chi connectivity index (χ1n) is 14.3. The number of carbonyl (C=O) groups is 2. The zero-order chi connectivity index (χ0) is 26.7. The zero-order valence-electron chi connectivity index (χ0n) is 22.7. The fourth-order valence-electron chi connectivity index (χ4n) is 6.44. The molecule has 2 amide bonds.